The molecular formula is C31H28N2O4. The molecule has 0 aliphatic carbocycles. The topological polar surface area (TPSA) is 75.7 Å². The predicted molar refractivity (Wildman–Crippen MR) is 143 cm³/mol. The van der Waals surface area contributed by atoms with Crippen molar-refractivity contribution in [3.8, 4) is 5.75 Å². The number of ether oxygens (including phenoxy) is 1. The molecule has 0 aromatic heterocycles. The van der Waals surface area contributed by atoms with Crippen molar-refractivity contribution in [2.75, 3.05) is 17.3 Å². The number of amides is 1. The number of methoxy groups -OCH3 is 1. The van der Waals surface area contributed by atoms with Crippen LogP contribution in [-0.2, 0) is 15.0 Å². The van der Waals surface area contributed by atoms with Crippen LogP contribution in [0.4, 0.5) is 11.4 Å². The summed E-state index contributed by atoms with van der Waals surface area (Å²) in [6.45, 7) is 5.58. The van der Waals surface area contributed by atoms with Crippen LogP contribution in [0.5, 0.6) is 5.75 Å². The number of aryl methyl sites for hydroxylation is 1. The van der Waals surface area contributed by atoms with Gasteiger partial charge in [-0.05, 0) is 74.4 Å². The van der Waals surface area contributed by atoms with E-state index in [0.29, 0.717) is 17.0 Å². The van der Waals surface area contributed by atoms with Crippen molar-refractivity contribution < 1.29 is 19.1 Å². The molecule has 0 bridgehead atoms. The highest BCUT2D eigenvalue weighted by molar-refractivity contribution is 6.16. The number of nitrogens with one attached hydrogen (secondary N) is 1. The van der Waals surface area contributed by atoms with Crippen LogP contribution < -0.4 is 15.0 Å². The molecule has 1 fully saturated rings. The molecule has 1 N–H and O–H groups in total. The summed E-state index contributed by atoms with van der Waals surface area (Å²) in [5, 5.41) is 3.05. The van der Waals surface area contributed by atoms with Gasteiger partial charge >= 0.3 is 0 Å². The minimum Gasteiger partial charge on any atom is -0.497 e. The first kappa shape index (κ1) is 23.2. The summed E-state index contributed by atoms with van der Waals surface area (Å²) in [6, 6.07) is 19.2. The fourth-order valence-corrected chi connectivity index (χ4v) is 6.63. The zero-order chi connectivity index (χ0) is 26.1. The Morgan fingerprint density at radius 3 is 2.43 bits per heavy atom. The average Bonchev–Trinajstić information content (AvgIpc) is 3.36. The second-order valence-corrected chi connectivity index (χ2v) is 10.2. The highest BCUT2D eigenvalue weighted by atomic mass is 16.5. The Labute approximate surface area is 215 Å². The number of hydrogen-bond donors (Lipinski definition) is 1. The third-order valence-corrected chi connectivity index (χ3v) is 8.21. The van der Waals surface area contributed by atoms with E-state index < -0.39 is 23.4 Å². The molecule has 1 saturated heterocycles. The van der Waals surface area contributed by atoms with Crippen molar-refractivity contribution in [3.05, 3.63) is 95.1 Å². The van der Waals surface area contributed by atoms with Crippen LogP contribution in [0.3, 0.4) is 0 Å². The van der Waals surface area contributed by atoms with Crippen molar-refractivity contribution in [1.29, 1.82) is 0 Å². The van der Waals surface area contributed by atoms with Gasteiger partial charge in [0.25, 0.3) is 0 Å². The van der Waals surface area contributed by atoms with E-state index >= 15 is 0 Å². The third-order valence-electron chi connectivity index (χ3n) is 8.21. The van der Waals surface area contributed by atoms with Crippen molar-refractivity contribution in [2.24, 2.45) is 5.92 Å². The van der Waals surface area contributed by atoms with E-state index in [2.05, 4.69) is 17.5 Å². The average molecular weight is 493 g/mol. The molecule has 6 heteroatoms. The fraction of sp³-hybridized carbons (Fsp3) is 0.258. The van der Waals surface area contributed by atoms with E-state index in [-0.39, 0.29) is 17.5 Å². The molecule has 4 atom stereocenters. The number of benzene rings is 3. The number of nitrogens with zero attached hydrogens (tertiary/aromatic N) is 1. The zero-order valence-electron chi connectivity index (χ0n) is 21.2. The summed E-state index contributed by atoms with van der Waals surface area (Å²) >= 11 is 0. The van der Waals surface area contributed by atoms with Gasteiger partial charge in [-0.1, -0.05) is 35.9 Å². The molecule has 3 aromatic rings. The van der Waals surface area contributed by atoms with Gasteiger partial charge in [0.1, 0.15) is 11.2 Å². The van der Waals surface area contributed by atoms with Gasteiger partial charge in [-0.3, -0.25) is 14.4 Å². The van der Waals surface area contributed by atoms with E-state index in [0.717, 1.165) is 28.0 Å². The van der Waals surface area contributed by atoms with Crippen molar-refractivity contribution in [2.45, 2.75) is 38.3 Å². The Morgan fingerprint density at radius 1 is 1.00 bits per heavy atom. The number of ketones is 2. The van der Waals surface area contributed by atoms with Gasteiger partial charge in [0, 0.05) is 22.5 Å². The van der Waals surface area contributed by atoms with Crippen LogP contribution >= 0.6 is 0 Å². The van der Waals surface area contributed by atoms with Gasteiger partial charge in [-0.2, -0.15) is 0 Å². The number of allylic oxidation sites excluding steroid dienone is 1. The lowest BCUT2D eigenvalue weighted by Crippen LogP contribution is -2.51. The lowest BCUT2D eigenvalue weighted by atomic mass is 9.64. The minimum absolute atomic E-state index is 0.148. The van der Waals surface area contributed by atoms with E-state index in [1.54, 1.807) is 31.4 Å². The molecule has 6 nitrogen and oxygen atoms in total. The van der Waals surface area contributed by atoms with Crippen LogP contribution in [0, 0.1) is 12.8 Å². The third kappa shape index (κ3) is 3.08. The van der Waals surface area contributed by atoms with Crippen LogP contribution in [-0.4, -0.2) is 36.7 Å². The molecule has 0 saturated carbocycles. The molecular weight excluding hydrogens is 464 g/mol. The molecule has 3 heterocycles. The molecule has 3 aromatic carbocycles. The molecule has 1 spiro atoms. The van der Waals surface area contributed by atoms with Crippen molar-refractivity contribution in [3.63, 3.8) is 0 Å². The number of anilines is 2. The largest absolute Gasteiger partial charge is 0.497 e. The smallest absolute Gasteiger partial charge is 0.238 e. The van der Waals surface area contributed by atoms with E-state index in [9.17, 15) is 14.4 Å². The number of carbonyl (C=O) groups excluding carboxylic acids is 3. The first-order valence-electron chi connectivity index (χ1n) is 12.5. The Hall–Kier alpha value is -4.19. The summed E-state index contributed by atoms with van der Waals surface area (Å²) in [7, 11) is 1.57. The fourth-order valence-electron chi connectivity index (χ4n) is 6.63. The molecule has 1 amide bonds. The van der Waals surface area contributed by atoms with Crippen molar-refractivity contribution in [1.82, 2.24) is 0 Å². The van der Waals surface area contributed by atoms with Gasteiger partial charge in [-0.25, -0.2) is 0 Å². The highest BCUT2D eigenvalue weighted by Crippen LogP contribution is 2.58. The van der Waals surface area contributed by atoms with Gasteiger partial charge in [-0.15, -0.1) is 0 Å². The second kappa shape index (κ2) is 8.17. The van der Waals surface area contributed by atoms with Crippen molar-refractivity contribution >= 4 is 34.4 Å². The molecule has 37 heavy (non-hydrogen) atoms. The standard InChI is InChI=1S/C31H28N2O4/c1-17-9-14-25-22(15-17)18(2)16-26-31(23-7-5-6-8-24(23)32-30(31)36)27(28(19(3)34)33(25)26)29(35)20-10-12-21(37-4)13-11-20/h5-16,26-28H,1-4H3,(H,32,36)/t26-,27+,28-,31-/m1/s1. The van der Waals surface area contributed by atoms with E-state index in [1.807, 2.05) is 55.1 Å². The molecule has 186 valence electrons. The first-order chi connectivity index (χ1) is 17.8. The summed E-state index contributed by atoms with van der Waals surface area (Å²) in [5.74, 6) is -0.929. The molecule has 6 rings (SSSR count). The summed E-state index contributed by atoms with van der Waals surface area (Å²) < 4.78 is 5.28. The van der Waals surface area contributed by atoms with Crippen LogP contribution in [0.15, 0.2) is 72.8 Å². The monoisotopic (exact) mass is 492 g/mol. The maximum Gasteiger partial charge on any atom is 0.238 e. The number of para-hydroxylation sites is 1. The number of carbonyl (C=O) groups is 3. The maximum atomic E-state index is 14.4. The van der Waals surface area contributed by atoms with Gasteiger partial charge < -0.3 is 15.0 Å². The highest BCUT2D eigenvalue weighted by Gasteiger charge is 2.70. The minimum atomic E-state index is -1.27. The second-order valence-electron chi connectivity index (χ2n) is 10.2. The normalized spacial score (nSPS) is 25.2. The number of hydrogen-bond acceptors (Lipinski definition) is 5. The quantitative estimate of drug-likeness (QED) is 0.522. The van der Waals surface area contributed by atoms with Crippen LogP contribution in [0.2, 0.25) is 0 Å². The van der Waals surface area contributed by atoms with E-state index in [1.165, 1.54) is 6.92 Å². The van der Waals surface area contributed by atoms with Gasteiger partial charge in [0.15, 0.2) is 11.6 Å². The number of rotatable bonds is 4. The number of Topliss-reactive ketones (excluding diaryl/α,β-unsaturated/α-hetero) is 2. The predicted octanol–water partition coefficient (Wildman–Crippen LogP) is 4.96. The first-order valence-corrected chi connectivity index (χ1v) is 12.5. The molecule has 3 aliphatic rings. The Balaban J connectivity index is 1.65. The van der Waals surface area contributed by atoms with Crippen LogP contribution in [0.1, 0.15) is 40.9 Å². The van der Waals surface area contributed by atoms with Gasteiger partial charge in [0.05, 0.1) is 25.1 Å². The summed E-state index contributed by atoms with van der Waals surface area (Å²) in [6.07, 6.45) is 2.07. The molecule has 0 radical (unpaired) electrons. The Morgan fingerprint density at radius 2 is 1.73 bits per heavy atom. The lowest BCUT2D eigenvalue weighted by Gasteiger charge is -2.39. The van der Waals surface area contributed by atoms with Gasteiger partial charge in [0.2, 0.25) is 5.91 Å². The molecule has 0 unspecified atom stereocenters. The summed E-state index contributed by atoms with van der Waals surface area (Å²) in [5.41, 5.74) is 4.63. The zero-order valence-corrected chi connectivity index (χ0v) is 21.2. The Bertz CT molecular complexity index is 1510. The summed E-state index contributed by atoms with van der Waals surface area (Å²) in [4.78, 5) is 44.1. The lowest BCUT2D eigenvalue weighted by molar-refractivity contribution is -0.122. The SMILES string of the molecule is COc1ccc(C(=O)[C@@H]2[C@@H](C(C)=O)N3c4ccc(C)cc4C(C)=C[C@@H]3[C@@]23C(=O)Nc2ccccc23)cc1. The van der Waals surface area contributed by atoms with Crippen LogP contribution in [0.25, 0.3) is 5.57 Å². The van der Waals surface area contributed by atoms with E-state index in [4.69, 9.17) is 4.74 Å². The maximum absolute atomic E-state index is 14.4. The Kier molecular flexibility index (Phi) is 5.13. The number of fused-ring (bicyclic) bond motifs is 6. The molecule has 3 aliphatic heterocycles.